The number of halogens is 1. The second-order valence-corrected chi connectivity index (χ2v) is 7.85. The highest BCUT2D eigenvalue weighted by atomic mass is 19.1. The van der Waals surface area contributed by atoms with Gasteiger partial charge in [0.2, 0.25) is 0 Å². The Morgan fingerprint density at radius 2 is 1.81 bits per heavy atom. The lowest BCUT2D eigenvalue weighted by Gasteiger charge is -2.32. The summed E-state index contributed by atoms with van der Waals surface area (Å²) in [5.74, 6) is -0.512. The lowest BCUT2D eigenvalue weighted by Crippen LogP contribution is -2.40. The van der Waals surface area contributed by atoms with Crippen molar-refractivity contribution in [3.05, 3.63) is 82.3 Å². The molecule has 1 saturated heterocycles. The molecular weight excluding hydrogens is 397 g/mol. The van der Waals surface area contributed by atoms with E-state index in [1.807, 2.05) is 24.3 Å². The number of piperidine rings is 1. The molecule has 1 fully saturated rings. The van der Waals surface area contributed by atoms with Gasteiger partial charge in [0.05, 0.1) is 28.5 Å². The van der Waals surface area contributed by atoms with E-state index >= 15 is 0 Å². The Morgan fingerprint density at radius 1 is 1.10 bits per heavy atom. The molecule has 4 aromatic rings. The van der Waals surface area contributed by atoms with Gasteiger partial charge in [0.25, 0.3) is 5.91 Å². The summed E-state index contributed by atoms with van der Waals surface area (Å²) in [7, 11) is 0. The molecule has 1 aliphatic heterocycles. The van der Waals surface area contributed by atoms with E-state index in [2.05, 4.69) is 10.1 Å². The molecule has 7 nitrogen and oxygen atoms in total. The van der Waals surface area contributed by atoms with Crippen LogP contribution in [0.5, 0.6) is 0 Å². The molecule has 3 heterocycles. The molecule has 5 rings (SSSR count). The standard InChI is InChI=1S/C23H22FN5O2/c1-15-17(14-25-29(15)20-8-4-2-6-18(20)24)22(30)27-12-10-16(11-13-27)28-21-9-5-3-7-19(21)26-23(28)31/h2-9,14,16H,10-13H2,1H3,(H,26,31). The van der Waals surface area contributed by atoms with E-state index in [0.717, 1.165) is 11.0 Å². The summed E-state index contributed by atoms with van der Waals surface area (Å²) in [4.78, 5) is 30.3. The minimum atomic E-state index is -0.391. The first-order valence-electron chi connectivity index (χ1n) is 10.3. The second kappa shape index (κ2) is 7.54. The smallest absolute Gasteiger partial charge is 0.326 e. The molecule has 0 bridgehead atoms. The van der Waals surface area contributed by atoms with Crippen molar-refractivity contribution < 1.29 is 9.18 Å². The molecule has 1 aliphatic rings. The maximum absolute atomic E-state index is 14.2. The number of hydrogen-bond acceptors (Lipinski definition) is 3. The van der Waals surface area contributed by atoms with Crippen LogP contribution in [0.25, 0.3) is 16.7 Å². The number of hydrogen-bond donors (Lipinski definition) is 1. The van der Waals surface area contributed by atoms with E-state index < -0.39 is 5.82 Å². The van der Waals surface area contributed by atoms with Crippen LogP contribution < -0.4 is 5.69 Å². The molecule has 0 spiro atoms. The van der Waals surface area contributed by atoms with Crippen molar-refractivity contribution in [3.8, 4) is 5.69 Å². The normalized spacial score (nSPS) is 15.0. The minimum Gasteiger partial charge on any atom is -0.338 e. The zero-order valence-corrected chi connectivity index (χ0v) is 17.1. The molecule has 2 aromatic carbocycles. The van der Waals surface area contributed by atoms with Crippen molar-refractivity contribution in [3.63, 3.8) is 0 Å². The van der Waals surface area contributed by atoms with Gasteiger partial charge in [-0.2, -0.15) is 5.10 Å². The quantitative estimate of drug-likeness (QED) is 0.553. The molecule has 0 saturated carbocycles. The molecular formula is C23H22FN5O2. The molecule has 0 unspecified atom stereocenters. The van der Waals surface area contributed by atoms with Gasteiger partial charge in [-0.3, -0.25) is 9.36 Å². The predicted molar refractivity (Wildman–Crippen MR) is 115 cm³/mol. The largest absolute Gasteiger partial charge is 0.338 e. The Hall–Kier alpha value is -3.68. The third-order valence-corrected chi connectivity index (χ3v) is 6.06. The number of aromatic amines is 1. The summed E-state index contributed by atoms with van der Waals surface area (Å²) in [6.07, 6.45) is 2.88. The van der Waals surface area contributed by atoms with Crippen molar-refractivity contribution in [1.82, 2.24) is 24.2 Å². The zero-order chi connectivity index (χ0) is 21.5. The molecule has 0 radical (unpaired) electrons. The van der Waals surface area contributed by atoms with Gasteiger partial charge in [-0.15, -0.1) is 0 Å². The highest BCUT2D eigenvalue weighted by Crippen LogP contribution is 2.26. The predicted octanol–water partition coefficient (Wildman–Crippen LogP) is 3.44. The van der Waals surface area contributed by atoms with Gasteiger partial charge in [-0.25, -0.2) is 13.9 Å². The topological polar surface area (TPSA) is 75.9 Å². The first-order valence-corrected chi connectivity index (χ1v) is 10.3. The number of likely N-dealkylation sites (tertiary alicyclic amines) is 1. The van der Waals surface area contributed by atoms with Gasteiger partial charge in [-0.1, -0.05) is 24.3 Å². The molecule has 1 amide bonds. The highest BCUT2D eigenvalue weighted by Gasteiger charge is 2.28. The fourth-order valence-electron chi connectivity index (χ4n) is 4.42. The number of fused-ring (bicyclic) bond motifs is 1. The van der Waals surface area contributed by atoms with Gasteiger partial charge in [-0.05, 0) is 44.0 Å². The van der Waals surface area contributed by atoms with Crippen LogP contribution in [-0.4, -0.2) is 43.2 Å². The van der Waals surface area contributed by atoms with E-state index in [4.69, 9.17) is 0 Å². The lowest BCUT2D eigenvalue weighted by molar-refractivity contribution is 0.0694. The Balaban J connectivity index is 1.35. The number of nitrogens with one attached hydrogen (secondary N) is 1. The maximum atomic E-state index is 14.2. The zero-order valence-electron chi connectivity index (χ0n) is 17.1. The third-order valence-electron chi connectivity index (χ3n) is 6.06. The van der Waals surface area contributed by atoms with Crippen LogP contribution >= 0.6 is 0 Å². The molecule has 31 heavy (non-hydrogen) atoms. The van der Waals surface area contributed by atoms with E-state index in [1.54, 1.807) is 34.6 Å². The van der Waals surface area contributed by atoms with Crippen LogP contribution in [0.1, 0.15) is 34.9 Å². The Labute approximate surface area is 177 Å². The first-order chi connectivity index (χ1) is 15.0. The van der Waals surface area contributed by atoms with Gasteiger partial charge in [0.15, 0.2) is 0 Å². The second-order valence-electron chi connectivity index (χ2n) is 7.85. The number of imidazole rings is 1. The fraction of sp³-hybridized carbons (Fsp3) is 0.261. The number of benzene rings is 2. The van der Waals surface area contributed by atoms with Crippen molar-refractivity contribution >= 4 is 16.9 Å². The third kappa shape index (κ3) is 3.24. The molecule has 8 heteroatoms. The van der Waals surface area contributed by atoms with Crippen LogP contribution in [0.2, 0.25) is 0 Å². The number of carbonyl (C=O) groups excluding carboxylic acids is 1. The van der Waals surface area contributed by atoms with Gasteiger partial charge >= 0.3 is 5.69 Å². The summed E-state index contributed by atoms with van der Waals surface area (Å²) >= 11 is 0. The van der Waals surface area contributed by atoms with Gasteiger partial charge in [0.1, 0.15) is 11.5 Å². The van der Waals surface area contributed by atoms with E-state index in [0.29, 0.717) is 42.9 Å². The monoisotopic (exact) mass is 419 g/mol. The number of amides is 1. The Morgan fingerprint density at radius 3 is 2.58 bits per heavy atom. The fourth-order valence-corrected chi connectivity index (χ4v) is 4.42. The summed E-state index contributed by atoms with van der Waals surface area (Å²) in [6.45, 7) is 2.85. The SMILES string of the molecule is Cc1c(C(=O)N2CCC(n3c(=O)[nH]c4ccccc43)CC2)cnn1-c1ccccc1F. The molecule has 158 valence electrons. The van der Waals surface area contributed by atoms with Crippen LogP contribution in [-0.2, 0) is 0 Å². The summed E-state index contributed by atoms with van der Waals surface area (Å²) < 4.78 is 17.4. The number of H-pyrrole nitrogens is 1. The average molecular weight is 419 g/mol. The summed E-state index contributed by atoms with van der Waals surface area (Å²) in [6, 6.07) is 14.0. The van der Waals surface area contributed by atoms with Crippen LogP contribution in [0.3, 0.4) is 0 Å². The minimum absolute atomic E-state index is 0.0370. The molecule has 0 atom stereocenters. The van der Waals surface area contributed by atoms with Crippen LogP contribution in [0.4, 0.5) is 4.39 Å². The van der Waals surface area contributed by atoms with Crippen molar-refractivity contribution in [2.24, 2.45) is 0 Å². The average Bonchev–Trinajstić information content (AvgIpc) is 3.33. The number of carbonyl (C=O) groups is 1. The van der Waals surface area contributed by atoms with E-state index in [1.165, 1.54) is 16.9 Å². The number of para-hydroxylation sites is 3. The van der Waals surface area contributed by atoms with Crippen LogP contribution in [0, 0.1) is 12.7 Å². The van der Waals surface area contributed by atoms with Crippen molar-refractivity contribution in [2.75, 3.05) is 13.1 Å². The Kier molecular flexibility index (Phi) is 4.69. The first kappa shape index (κ1) is 19.3. The lowest BCUT2D eigenvalue weighted by atomic mass is 10.0. The number of aromatic nitrogens is 4. The van der Waals surface area contributed by atoms with Crippen molar-refractivity contribution in [1.29, 1.82) is 0 Å². The Bertz CT molecular complexity index is 1330. The number of nitrogens with zero attached hydrogens (tertiary/aromatic N) is 4. The van der Waals surface area contributed by atoms with Gasteiger partial charge < -0.3 is 9.88 Å². The summed E-state index contributed by atoms with van der Waals surface area (Å²) in [5, 5.41) is 4.24. The van der Waals surface area contributed by atoms with Gasteiger partial charge in [0, 0.05) is 19.1 Å². The summed E-state index contributed by atoms with van der Waals surface area (Å²) in [5.41, 5.74) is 2.97. The number of rotatable bonds is 3. The highest BCUT2D eigenvalue weighted by molar-refractivity contribution is 5.95. The van der Waals surface area contributed by atoms with Crippen LogP contribution in [0.15, 0.2) is 59.5 Å². The van der Waals surface area contributed by atoms with E-state index in [-0.39, 0.29) is 17.6 Å². The molecule has 0 aliphatic carbocycles. The molecule has 1 N–H and O–H groups in total. The maximum Gasteiger partial charge on any atom is 0.326 e. The van der Waals surface area contributed by atoms with E-state index in [9.17, 15) is 14.0 Å². The van der Waals surface area contributed by atoms with Crippen molar-refractivity contribution in [2.45, 2.75) is 25.8 Å². The molecule has 2 aromatic heterocycles.